The number of carbonyl (C=O) groups is 2. The van der Waals surface area contributed by atoms with Crippen molar-refractivity contribution < 1.29 is 22.8 Å². The van der Waals surface area contributed by atoms with Crippen LogP contribution in [0.25, 0.3) is 0 Å². The molecule has 0 aliphatic carbocycles. The molecule has 1 aromatic rings. The maximum atomic E-state index is 12.3. The highest BCUT2D eigenvalue weighted by atomic mass is 35.5. The minimum Gasteiger partial charge on any atom is -0.333 e. The topological polar surface area (TPSA) is 49.4 Å². The second-order valence-corrected chi connectivity index (χ2v) is 5.65. The van der Waals surface area contributed by atoms with E-state index in [2.05, 4.69) is 5.32 Å². The van der Waals surface area contributed by atoms with Gasteiger partial charge in [-0.1, -0.05) is 17.7 Å². The van der Waals surface area contributed by atoms with Crippen molar-refractivity contribution in [2.75, 3.05) is 18.4 Å². The van der Waals surface area contributed by atoms with E-state index in [1.807, 2.05) is 0 Å². The van der Waals surface area contributed by atoms with E-state index in [0.29, 0.717) is 15.6 Å². The summed E-state index contributed by atoms with van der Waals surface area (Å²) in [5.74, 6) is -1.95. The van der Waals surface area contributed by atoms with Crippen LogP contribution in [0.3, 0.4) is 0 Å². The summed E-state index contributed by atoms with van der Waals surface area (Å²) in [7, 11) is 0. The van der Waals surface area contributed by atoms with Gasteiger partial charge in [-0.2, -0.15) is 13.2 Å². The summed E-state index contributed by atoms with van der Waals surface area (Å²) in [5.41, 5.74) is 1.29. The van der Waals surface area contributed by atoms with Crippen molar-refractivity contribution in [3.63, 3.8) is 0 Å². The molecule has 1 aromatic carbocycles. The van der Waals surface area contributed by atoms with E-state index in [-0.39, 0.29) is 13.0 Å². The van der Waals surface area contributed by atoms with Gasteiger partial charge in [0.2, 0.25) is 11.8 Å². The predicted molar refractivity (Wildman–Crippen MR) is 75.6 cm³/mol. The summed E-state index contributed by atoms with van der Waals surface area (Å²) in [4.78, 5) is 24.3. The van der Waals surface area contributed by atoms with Crippen molar-refractivity contribution in [2.24, 2.45) is 5.92 Å². The van der Waals surface area contributed by atoms with Gasteiger partial charge in [0.25, 0.3) is 0 Å². The molecular formula is C14H14ClF3N2O2. The van der Waals surface area contributed by atoms with Crippen molar-refractivity contribution in [1.82, 2.24) is 4.90 Å². The Kier molecular flexibility index (Phi) is 4.65. The van der Waals surface area contributed by atoms with Crippen molar-refractivity contribution in [1.29, 1.82) is 0 Å². The molecule has 1 saturated heterocycles. The van der Waals surface area contributed by atoms with Crippen LogP contribution in [-0.4, -0.2) is 36.0 Å². The normalized spacial score (nSPS) is 18.7. The molecule has 0 bridgehead atoms. The first-order chi connectivity index (χ1) is 10.2. The Morgan fingerprint density at radius 3 is 2.73 bits per heavy atom. The Morgan fingerprint density at radius 2 is 2.14 bits per heavy atom. The van der Waals surface area contributed by atoms with Crippen LogP contribution in [-0.2, 0) is 9.59 Å². The fourth-order valence-electron chi connectivity index (χ4n) is 2.23. The summed E-state index contributed by atoms with van der Waals surface area (Å²) < 4.78 is 37.0. The van der Waals surface area contributed by atoms with Gasteiger partial charge < -0.3 is 10.2 Å². The van der Waals surface area contributed by atoms with Gasteiger partial charge >= 0.3 is 6.18 Å². The maximum absolute atomic E-state index is 12.3. The van der Waals surface area contributed by atoms with Gasteiger partial charge in [-0.3, -0.25) is 9.59 Å². The fraction of sp³-hybridized carbons (Fsp3) is 0.429. The molecule has 1 aliphatic rings. The number of nitrogens with zero attached hydrogens (tertiary/aromatic N) is 1. The van der Waals surface area contributed by atoms with Crippen LogP contribution in [0.1, 0.15) is 12.0 Å². The zero-order chi connectivity index (χ0) is 16.5. The van der Waals surface area contributed by atoms with Gasteiger partial charge in [-0.25, -0.2) is 0 Å². The molecule has 0 saturated carbocycles. The lowest BCUT2D eigenvalue weighted by Gasteiger charge is -2.18. The Balaban J connectivity index is 1.99. The number of alkyl halides is 3. The number of halogens is 4. The van der Waals surface area contributed by atoms with E-state index in [0.717, 1.165) is 5.56 Å². The third kappa shape index (κ3) is 4.13. The van der Waals surface area contributed by atoms with Gasteiger partial charge in [0, 0.05) is 23.7 Å². The average Bonchev–Trinajstić information content (AvgIpc) is 2.73. The van der Waals surface area contributed by atoms with Crippen molar-refractivity contribution >= 4 is 29.1 Å². The first-order valence-electron chi connectivity index (χ1n) is 6.57. The number of aryl methyl sites for hydroxylation is 1. The molecule has 2 amide bonds. The highest BCUT2D eigenvalue weighted by Gasteiger charge is 2.40. The predicted octanol–water partition coefficient (Wildman–Crippen LogP) is 3.00. The first-order valence-corrected chi connectivity index (χ1v) is 6.95. The molecule has 0 unspecified atom stereocenters. The molecule has 0 radical (unpaired) electrons. The number of nitrogens with one attached hydrogen (secondary N) is 1. The second-order valence-electron chi connectivity index (χ2n) is 5.24. The number of anilines is 1. The minimum absolute atomic E-state index is 0.221. The number of amides is 2. The van der Waals surface area contributed by atoms with Crippen LogP contribution >= 0.6 is 11.6 Å². The number of hydrogen-bond acceptors (Lipinski definition) is 2. The van der Waals surface area contributed by atoms with Crippen LogP contribution in [0.4, 0.5) is 18.9 Å². The number of rotatable bonds is 3. The summed E-state index contributed by atoms with van der Waals surface area (Å²) >= 11 is 5.94. The summed E-state index contributed by atoms with van der Waals surface area (Å²) in [6.07, 6.45) is -4.69. The van der Waals surface area contributed by atoms with E-state index < -0.39 is 30.5 Å². The molecule has 8 heteroatoms. The molecule has 0 aromatic heterocycles. The van der Waals surface area contributed by atoms with Crippen LogP contribution in [0.2, 0.25) is 5.02 Å². The number of hydrogen-bond donors (Lipinski definition) is 1. The minimum atomic E-state index is -4.47. The fourth-order valence-corrected chi connectivity index (χ4v) is 2.41. The van der Waals surface area contributed by atoms with Crippen LogP contribution in [0.15, 0.2) is 18.2 Å². The third-order valence-electron chi connectivity index (χ3n) is 3.39. The average molecular weight is 335 g/mol. The third-order valence-corrected chi connectivity index (χ3v) is 3.80. The molecule has 120 valence electrons. The lowest BCUT2D eigenvalue weighted by Crippen LogP contribution is -2.36. The van der Waals surface area contributed by atoms with Gasteiger partial charge in [-0.05, 0) is 24.6 Å². The van der Waals surface area contributed by atoms with Crippen molar-refractivity contribution in [3.05, 3.63) is 28.8 Å². The smallest absolute Gasteiger partial charge is 0.333 e. The molecular weight excluding hydrogens is 321 g/mol. The van der Waals surface area contributed by atoms with Crippen molar-refractivity contribution in [2.45, 2.75) is 19.5 Å². The van der Waals surface area contributed by atoms with E-state index in [9.17, 15) is 22.8 Å². The lowest BCUT2D eigenvalue weighted by molar-refractivity contribution is -0.157. The quantitative estimate of drug-likeness (QED) is 0.923. The van der Waals surface area contributed by atoms with Gasteiger partial charge in [0.05, 0.1) is 5.92 Å². The van der Waals surface area contributed by atoms with Gasteiger partial charge in [-0.15, -0.1) is 0 Å². The molecule has 2 rings (SSSR count). The number of carbonyl (C=O) groups excluding carboxylic acids is 2. The Bertz CT molecular complexity index is 604. The Labute approximate surface area is 130 Å². The Morgan fingerprint density at radius 1 is 1.45 bits per heavy atom. The van der Waals surface area contributed by atoms with Gasteiger partial charge in [0.15, 0.2) is 0 Å². The lowest BCUT2D eigenvalue weighted by atomic mass is 10.1. The SMILES string of the molecule is Cc1ccc(NC(=O)[C@H]2CC(=O)N(CC(F)(F)F)C2)cc1Cl. The highest BCUT2D eigenvalue weighted by Crippen LogP contribution is 2.25. The molecule has 1 heterocycles. The van der Waals surface area contributed by atoms with E-state index >= 15 is 0 Å². The summed E-state index contributed by atoms with van der Waals surface area (Å²) in [5, 5.41) is 3.04. The summed E-state index contributed by atoms with van der Waals surface area (Å²) in [6.45, 7) is 0.244. The molecule has 4 nitrogen and oxygen atoms in total. The molecule has 22 heavy (non-hydrogen) atoms. The molecule has 1 fully saturated rings. The van der Waals surface area contributed by atoms with E-state index in [1.54, 1.807) is 25.1 Å². The van der Waals surface area contributed by atoms with Crippen LogP contribution in [0, 0.1) is 12.8 Å². The monoisotopic (exact) mass is 334 g/mol. The standard InChI is InChI=1S/C14H14ClF3N2O2/c1-8-2-3-10(5-11(8)15)19-13(22)9-4-12(21)20(6-9)7-14(16,17)18/h2-3,5,9H,4,6-7H2,1H3,(H,19,22)/t9-/m0/s1. The second kappa shape index (κ2) is 6.16. The molecule has 1 aliphatic heterocycles. The molecule has 1 atom stereocenters. The molecule has 0 spiro atoms. The molecule has 1 N–H and O–H groups in total. The maximum Gasteiger partial charge on any atom is 0.406 e. The Hall–Kier alpha value is -1.76. The zero-order valence-electron chi connectivity index (χ0n) is 11.7. The van der Waals surface area contributed by atoms with E-state index in [4.69, 9.17) is 11.6 Å². The largest absolute Gasteiger partial charge is 0.406 e. The number of likely N-dealkylation sites (tertiary alicyclic amines) is 1. The van der Waals surface area contributed by atoms with Crippen LogP contribution < -0.4 is 5.32 Å². The summed E-state index contributed by atoms with van der Waals surface area (Å²) in [6, 6.07) is 4.91. The zero-order valence-corrected chi connectivity index (χ0v) is 12.5. The highest BCUT2D eigenvalue weighted by molar-refractivity contribution is 6.31. The number of benzene rings is 1. The van der Waals surface area contributed by atoms with E-state index in [1.165, 1.54) is 0 Å². The van der Waals surface area contributed by atoms with Crippen molar-refractivity contribution in [3.8, 4) is 0 Å². The first kappa shape index (κ1) is 16.6. The van der Waals surface area contributed by atoms with Crippen LogP contribution in [0.5, 0.6) is 0 Å². The van der Waals surface area contributed by atoms with Gasteiger partial charge in [0.1, 0.15) is 6.54 Å².